The Hall–Kier alpha value is -1.07. The number of carbonyl (C=O) groups excluding carboxylic acids is 1. The number of benzene rings is 1. The van der Waals surface area contributed by atoms with Crippen molar-refractivity contribution in [3.05, 3.63) is 21.7 Å². The van der Waals surface area contributed by atoms with Gasteiger partial charge in [0.05, 0.1) is 11.0 Å². The lowest BCUT2D eigenvalue weighted by molar-refractivity contribution is 0.0999. The largest absolute Gasteiger partial charge is 0.486 e. The van der Waals surface area contributed by atoms with Crippen LogP contribution < -0.4 is 15.2 Å². The van der Waals surface area contributed by atoms with Gasteiger partial charge in [-0.2, -0.15) is 0 Å². The van der Waals surface area contributed by atoms with E-state index in [1.165, 1.54) is 0 Å². The molecule has 0 radical (unpaired) electrons. The second-order valence-electron chi connectivity index (χ2n) is 3.51. The van der Waals surface area contributed by atoms with Crippen molar-refractivity contribution in [3.63, 3.8) is 0 Å². The first kappa shape index (κ1) is 11.4. The zero-order valence-corrected chi connectivity index (χ0v) is 10.5. The normalized spacial score (nSPS) is 13.7. The summed E-state index contributed by atoms with van der Waals surface area (Å²) in [7, 11) is 0. The maximum atomic E-state index is 11.6. The predicted octanol–water partition coefficient (Wildman–Crippen LogP) is 1.67. The van der Waals surface area contributed by atoms with E-state index in [1.807, 2.05) is 6.92 Å². The van der Waals surface area contributed by atoms with E-state index in [9.17, 15) is 4.79 Å². The lowest BCUT2D eigenvalue weighted by atomic mass is 10.0. The Bertz CT molecular complexity index is 445. The average molecular weight is 286 g/mol. The van der Waals surface area contributed by atoms with Crippen LogP contribution in [0.1, 0.15) is 15.9 Å². The highest BCUT2D eigenvalue weighted by Gasteiger charge is 2.21. The third-order valence-electron chi connectivity index (χ3n) is 2.50. The van der Waals surface area contributed by atoms with Gasteiger partial charge in [-0.3, -0.25) is 4.79 Å². The van der Waals surface area contributed by atoms with Crippen molar-refractivity contribution in [3.8, 4) is 11.5 Å². The molecule has 16 heavy (non-hydrogen) atoms. The van der Waals surface area contributed by atoms with Crippen molar-refractivity contribution in [2.24, 2.45) is 5.73 Å². The minimum absolute atomic E-state index is 0.00702. The molecule has 0 saturated carbocycles. The number of Topliss-reactive ketones (excluding diaryl/α,β-unsaturated/α-hetero) is 1. The molecule has 4 nitrogen and oxygen atoms in total. The molecular weight excluding hydrogens is 274 g/mol. The lowest BCUT2D eigenvalue weighted by Gasteiger charge is -2.21. The minimum atomic E-state index is -0.102. The fourth-order valence-electron chi connectivity index (χ4n) is 1.64. The summed E-state index contributed by atoms with van der Waals surface area (Å²) in [5.41, 5.74) is 6.78. The van der Waals surface area contributed by atoms with Crippen LogP contribution in [0.5, 0.6) is 11.5 Å². The Morgan fingerprint density at radius 2 is 2.19 bits per heavy atom. The van der Waals surface area contributed by atoms with Crippen LogP contribution in [0, 0.1) is 6.92 Å². The summed E-state index contributed by atoms with van der Waals surface area (Å²) < 4.78 is 11.7. The molecule has 0 aromatic heterocycles. The Kier molecular flexibility index (Phi) is 3.16. The number of hydrogen-bond donors (Lipinski definition) is 1. The van der Waals surface area contributed by atoms with Crippen LogP contribution in [0.15, 0.2) is 10.5 Å². The van der Waals surface area contributed by atoms with Crippen molar-refractivity contribution < 1.29 is 14.3 Å². The Morgan fingerprint density at radius 3 is 2.88 bits per heavy atom. The van der Waals surface area contributed by atoms with Crippen LogP contribution in [0.3, 0.4) is 0 Å². The fourth-order valence-corrected chi connectivity index (χ4v) is 2.16. The maximum Gasteiger partial charge on any atom is 0.176 e. The van der Waals surface area contributed by atoms with Gasteiger partial charge in [-0.15, -0.1) is 0 Å². The molecule has 2 N–H and O–H groups in total. The Balaban J connectivity index is 2.57. The molecule has 0 fully saturated rings. The fraction of sp³-hybridized carbons (Fsp3) is 0.364. The van der Waals surface area contributed by atoms with Crippen LogP contribution in [-0.2, 0) is 0 Å². The molecule has 1 aliphatic heterocycles. The Labute approximate surface area is 102 Å². The van der Waals surface area contributed by atoms with Gasteiger partial charge in [0.25, 0.3) is 0 Å². The summed E-state index contributed by atoms with van der Waals surface area (Å²) >= 11 is 3.42. The summed E-state index contributed by atoms with van der Waals surface area (Å²) in [5, 5.41) is 0. The molecule has 1 heterocycles. The van der Waals surface area contributed by atoms with Gasteiger partial charge in [0.15, 0.2) is 17.3 Å². The predicted molar refractivity (Wildman–Crippen MR) is 63.3 cm³/mol. The lowest BCUT2D eigenvalue weighted by Crippen LogP contribution is -2.19. The minimum Gasteiger partial charge on any atom is -0.486 e. The summed E-state index contributed by atoms with van der Waals surface area (Å²) in [5.74, 6) is 1.16. The second kappa shape index (κ2) is 4.43. The molecule has 86 valence electrons. The molecule has 0 spiro atoms. The third-order valence-corrected chi connectivity index (χ3v) is 3.46. The molecule has 0 unspecified atom stereocenters. The van der Waals surface area contributed by atoms with E-state index in [-0.39, 0.29) is 12.3 Å². The van der Waals surface area contributed by atoms with Gasteiger partial charge in [-0.1, -0.05) is 0 Å². The number of ether oxygens (including phenoxy) is 2. The van der Waals surface area contributed by atoms with Crippen LogP contribution >= 0.6 is 15.9 Å². The average Bonchev–Trinajstić information content (AvgIpc) is 2.33. The first-order valence-electron chi connectivity index (χ1n) is 4.97. The van der Waals surface area contributed by atoms with E-state index >= 15 is 0 Å². The van der Waals surface area contributed by atoms with Gasteiger partial charge in [-0.25, -0.2) is 0 Å². The van der Waals surface area contributed by atoms with E-state index in [2.05, 4.69) is 15.9 Å². The molecular formula is C11H12BrNO3. The summed E-state index contributed by atoms with van der Waals surface area (Å²) in [6, 6.07) is 1.70. The van der Waals surface area contributed by atoms with Crippen LogP contribution in [0.2, 0.25) is 0 Å². The topological polar surface area (TPSA) is 61.6 Å². The highest BCUT2D eigenvalue weighted by molar-refractivity contribution is 9.10. The zero-order valence-electron chi connectivity index (χ0n) is 8.88. The van der Waals surface area contributed by atoms with E-state index in [0.717, 1.165) is 10.0 Å². The van der Waals surface area contributed by atoms with Crippen molar-refractivity contribution >= 4 is 21.7 Å². The summed E-state index contributed by atoms with van der Waals surface area (Å²) in [6.45, 7) is 2.87. The molecule has 0 saturated heterocycles. The molecule has 0 bridgehead atoms. The molecule has 0 amide bonds. The van der Waals surface area contributed by atoms with E-state index in [0.29, 0.717) is 30.3 Å². The van der Waals surface area contributed by atoms with Gasteiger partial charge in [0.1, 0.15) is 13.2 Å². The molecule has 2 rings (SSSR count). The van der Waals surface area contributed by atoms with Crippen molar-refractivity contribution in [1.29, 1.82) is 0 Å². The first-order chi connectivity index (χ1) is 7.65. The van der Waals surface area contributed by atoms with Crippen LogP contribution in [0.4, 0.5) is 0 Å². The van der Waals surface area contributed by atoms with Crippen molar-refractivity contribution in [2.45, 2.75) is 6.92 Å². The number of rotatable bonds is 2. The second-order valence-corrected chi connectivity index (χ2v) is 4.31. The molecule has 0 aliphatic carbocycles. The van der Waals surface area contributed by atoms with Gasteiger partial charge in [0, 0.05) is 5.56 Å². The molecule has 1 aromatic rings. The number of halogens is 1. The quantitative estimate of drug-likeness (QED) is 0.840. The van der Waals surface area contributed by atoms with Crippen LogP contribution in [-0.4, -0.2) is 25.5 Å². The molecule has 1 aromatic carbocycles. The molecule has 1 aliphatic rings. The number of nitrogens with two attached hydrogens (primary N) is 1. The summed E-state index contributed by atoms with van der Waals surface area (Å²) in [4.78, 5) is 11.6. The van der Waals surface area contributed by atoms with E-state index in [4.69, 9.17) is 15.2 Å². The Morgan fingerprint density at radius 1 is 1.50 bits per heavy atom. The SMILES string of the molecule is Cc1c(C(=O)CN)cc2c(c1Br)OCCO2. The first-order valence-corrected chi connectivity index (χ1v) is 5.76. The zero-order chi connectivity index (χ0) is 11.7. The highest BCUT2D eigenvalue weighted by atomic mass is 79.9. The van der Waals surface area contributed by atoms with Crippen molar-refractivity contribution in [2.75, 3.05) is 19.8 Å². The number of ketones is 1. The number of carbonyl (C=O) groups is 1. The number of hydrogen-bond acceptors (Lipinski definition) is 4. The number of fused-ring (bicyclic) bond motifs is 1. The maximum absolute atomic E-state index is 11.6. The van der Waals surface area contributed by atoms with E-state index < -0.39 is 0 Å². The highest BCUT2D eigenvalue weighted by Crippen LogP contribution is 2.41. The van der Waals surface area contributed by atoms with Crippen LogP contribution in [0.25, 0.3) is 0 Å². The van der Waals surface area contributed by atoms with E-state index in [1.54, 1.807) is 6.07 Å². The monoisotopic (exact) mass is 285 g/mol. The third kappa shape index (κ3) is 1.81. The van der Waals surface area contributed by atoms with Gasteiger partial charge < -0.3 is 15.2 Å². The molecule has 0 atom stereocenters. The van der Waals surface area contributed by atoms with Gasteiger partial charge in [-0.05, 0) is 34.5 Å². The van der Waals surface area contributed by atoms with Crippen molar-refractivity contribution in [1.82, 2.24) is 0 Å². The smallest absolute Gasteiger partial charge is 0.176 e. The summed E-state index contributed by atoms with van der Waals surface area (Å²) in [6.07, 6.45) is 0. The van der Waals surface area contributed by atoms with Gasteiger partial charge >= 0.3 is 0 Å². The standard InChI is InChI=1S/C11H12BrNO3/c1-6-7(8(14)5-13)4-9-11(10(6)12)16-3-2-15-9/h4H,2-3,5,13H2,1H3. The molecule has 5 heteroatoms. The van der Waals surface area contributed by atoms with Gasteiger partial charge in [0.2, 0.25) is 0 Å².